The number of hydrogen-bond acceptors (Lipinski definition) is 8. The monoisotopic (exact) mass is 366 g/mol. The molecular weight excluding hydrogens is 339 g/mol. The molecule has 0 aromatic carbocycles. The van der Waals surface area contributed by atoms with Crippen LogP contribution in [0.3, 0.4) is 0 Å². The molecule has 0 aromatic rings. The third-order valence-corrected chi connectivity index (χ3v) is 5.46. The molecule has 0 bridgehead atoms. The van der Waals surface area contributed by atoms with Crippen LogP contribution in [0.15, 0.2) is 23.4 Å². The molecule has 4 rings (SSSR count). The Bertz CT molecular complexity index is 638. The van der Waals surface area contributed by atoms with Crippen molar-refractivity contribution in [1.82, 2.24) is 36.6 Å². The van der Waals surface area contributed by atoms with Crippen LogP contribution in [0.4, 0.5) is 4.39 Å². The Morgan fingerprint density at radius 3 is 2.96 bits per heavy atom. The van der Waals surface area contributed by atoms with Crippen LogP contribution in [-0.2, 0) is 4.79 Å². The molecule has 4 atom stereocenters. The molecule has 4 heterocycles. The van der Waals surface area contributed by atoms with Crippen LogP contribution in [-0.4, -0.2) is 67.0 Å². The van der Waals surface area contributed by atoms with Crippen LogP contribution >= 0.6 is 0 Å². The number of nitrogens with two attached hydrogens (primary N) is 1. The molecule has 4 unspecified atom stereocenters. The fraction of sp³-hybridized carbons (Fsp3) is 0.688. The second-order valence-corrected chi connectivity index (χ2v) is 7.15. The van der Waals surface area contributed by atoms with Crippen molar-refractivity contribution in [2.24, 2.45) is 11.7 Å². The molecule has 4 aliphatic rings. The lowest BCUT2D eigenvalue weighted by Crippen LogP contribution is -2.53. The molecular formula is C16H27FN8O. The molecule has 0 saturated carbocycles. The van der Waals surface area contributed by atoms with E-state index in [0.29, 0.717) is 6.54 Å². The zero-order valence-electron chi connectivity index (χ0n) is 14.9. The van der Waals surface area contributed by atoms with Crippen molar-refractivity contribution in [3.63, 3.8) is 0 Å². The van der Waals surface area contributed by atoms with Gasteiger partial charge in [0.15, 0.2) is 0 Å². The maximum atomic E-state index is 13.5. The largest absolute Gasteiger partial charge is 0.357 e. The number of amides is 1. The number of hydrogen-bond donors (Lipinski definition) is 6. The Labute approximate surface area is 152 Å². The van der Waals surface area contributed by atoms with Crippen molar-refractivity contribution in [3.05, 3.63) is 23.4 Å². The number of fused-ring (bicyclic) bond motifs is 1. The quantitative estimate of drug-likeness (QED) is 0.341. The molecule has 0 aromatic heterocycles. The van der Waals surface area contributed by atoms with Gasteiger partial charge in [0.1, 0.15) is 17.9 Å². The molecule has 0 spiro atoms. The first-order chi connectivity index (χ1) is 12.5. The minimum Gasteiger partial charge on any atom is -0.357 e. The topological polar surface area (TPSA) is 110 Å². The highest BCUT2D eigenvalue weighted by Crippen LogP contribution is 2.25. The van der Waals surface area contributed by atoms with Crippen LogP contribution in [0.5, 0.6) is 0 Å². The normalized spacial score (nSPS) is 34.8. The number of hydrazine groups is 1. The summed E-state index contributed by atoms with van der Waals surface area (Å²) in [4.78, 5) is 15.3. The SMILES string of the molecule is CC1NCCN1C1=C(NC(=O)C2C(N)NN3C=C(F)CNC23)CNCC1. The van der Waals surface area contributed by atoms with E-state index < -0.39 is 12.1 Å². The molecule has 2 fully saturated rings. The highest BCUT2D eigenvalue weighted by atomic mass is 19.1. The summed E-state index contributed by atoms with van der Waals surface area (Å²) in [5, 5.41) is 14.4. The van der Waals surface area contributed by atoms with Gasteiger partial charge in [-0.1, -0.05) is 0 Å². The second kappa shape index (κ2) is 7.12. The predicted molar refractivity (Wildman–Crippen MR) is 94.2 cm³/mol. The Kier molecular flexibility index (Phi) is 4.84. The summed E-state index contributed by atoms with van der Waals surface area (Å²) in [6.07, 6.45) is 1.55. The number of carbonyl (C=O) groups is 1. The summed E-state index contributed by atoms with van der Waals surface area (Å²) in [6.45, 7) is 5.62. The molecule has 2 saturated heterocycles. The van der Waals surface area contributed by atoms with Gasteiger partial charge in [0.25, 0.3) is 0 Å². The van der Waals surface area contributed by atoms with Crippen molar-refractivity contribution < 1.29 is 9.18 Å². The van der Waals surface area contributed by atoms with Crippen LogP contribution in [0.25, 0.3) is 0 Å². The zero-order chi connectivity index (χ0) is 18.3. The minimum absolute atomic E-state index is 0.103. The van der Waals surface area contributed by atoms with Gasteiger partial charge in [-0.05, 0) is 6.92 Å². The summed E-state index contributed by atoms with van der Waals surface area (Å²) in [6, 6.07) is 0. The molecule has 4 aliphatic heterocycles. The highest BCUT2D eigenvalue weighted by Gasteiger charge is 2.45. The maximum Gasteiger partial charge on any atom is 0.233 e. The minimum atomic E-state index is -0.581. The summed E-state index contributed by atoms with van der Waals surface area (Å²) >= 11 is 0. The van der Waals surface area contributed by atoms with E-state index in [9.17, 15) is 9.18 Å². The number of carbonyl (C=O) groups excluding carboxylic acids is 1. The molecule has 144 valence electrons. The van der Waals surface area contributed by atoms with E-state index in [-0.39, 0.29) is 30.6 Å². The summed E-state index contributed by atoms with van der Waals surface area (Å²) in [5.41, 5.74) is 11.1. The lowest BCUT2D eigenvalue weighted by Gasteiger charge is -2.33. The van der Waals surface area contributed by atoms with Gasteiger partial charge in [-0.25, -0.2) is 9.82 Å². The van der Waals surface area contributed by atoms with Gasteiger partial charge < -0.3 is 21.3 Å². The van der Waals surface area contributed by atoms with Gasteiger partial charge in [-0.2, -0.15) is 0 Å². The van der Waals surface area contributed by atoms with Crippen LogP contribution in [0.1, 0.15) is 13.3 Å². The van der Waals surface area contributed by atoms with Crippen molar-refractivity contribution >= 4 is 5.91 Å². The van der Waals surface area contributed by atoms with Gasteiger partial charge in [0.05, 0.1) is 30.8 Å². The number of rotatable bonds is 3. The fourth-order valence-corrected chi connectivity index (χ4v) is 4.16. The predicted octanol–water partition coefficient (Wildman–Crippen LogP) is -1.98. The van der Waals surface area contributed by atoms with E-state index >= 15 is 0 Å². The van der Waals surface area contributed by atoms with Gasteiger partial charge in [0, 0.05) is 38.3 Å². The van der Waals surface area contributed by atoms with Crippen molar-refractivity contribution in [3.8, 4) is 0 Å². The van der Waals surface area contributed by atoms with E-state index in [4.69, 9.17) is 5.73 Å². The zero-order valence-corrected chi connectivity index (χ0v) is 14.9. The number of nitrogens with zero attached hydrogens (tertiary/aromatic N) is 2. The molecule has 9 nitrogen and oxygen atoms in total. The van der Waals surface area contributed by atoms with Crippen LogP contribution in [0.2, 0.25) is 0 Å². The third kappa shape index (κ3) is 3.19. The lowest BCUT2D eigenvalue weighted by atomic mass is 10.0. The first kappa shape index (κ1) is 17.7. The Morgan fingerprint density at radius 2 is 2.19 bits per heavy atom. The molecule has 7 N–H and O–H groups in total. The highest BCUT2D eigenvalue weighted by molar-refractivity contribution is 5.82. The molecule has 26 heavy (non-hydrogen) atoms. The van der Waals surface area contributed by atoms with Gasteiger partial charge in [0.2, 0.25) is 5.91 Å². The average Bonchev–Trinajstić information content (AvgIpc) is 3.17. The molecule has 0 radical (unpaired) electrons. The smallest absolute Gasteiger partial charge is 0.233 e. The maximum absolute atomic E-state index is 13.5. The molecule has 1 amide bonds. The van der Waals surface area contributed by atoms with E-state index in [1.54, 1.807) is 5.01 Å². The third-order valence-electron chi connectivity index (χ3n) is 5.46. The fourth-order valence-electron chi connectivity index (χ4n) is 4.16. The van der Waals surface area contributed by atoms with Gasteiger partial charge in [-0.3, -0.25) is 20.4 Å². The first-order valence-corrected chi connectivity index (χ1v) is 9.18. The van der Waals surface area contributed by atoms with Gasteiger partial charge >= 0.3 is 0 Å². The van der Waals surface area contributed by atoms with E-state index in [1.807, 2.05) is 0 Å². The molecule has 10 heteroatoms. The van der Waals surface area contributed by atoms with E-state index in [1.165, 1.54) is 11.9 Å². The van der Waals surface area contributed by atoms with Crippen LogP contribution < -0.4 is 32.4 Å². The van der Waals surface area contributed by atoms with E-state index in [2.05, 4.69) is 38.5 Å². The number of nitrogens with one attached hydrogen (secondary N) is 5. The Hall–Kier alpha value is -1.72. The van der Waals surface area contributed by atoms with Crippen LogP contribution in [0, 0.1) is 5.92 Å². The van der Waals surface area contributed by atoms with Crippen molar-refractivity contribution in [2.75, 3.05) is 32.7 Å². The van der Waals surface area contributed by atoms with Crippen molar-refractivity contribution in [2.45, 2.75) is 31.8 Å². The summed E-state index contributed by atoms with van der Waals surface area (Å²) in [7, 11) is 0. The average molecular weight is 366 g/mol. The lowest BCUT2D eigenvalue weighted by molar-refractivity contribution is -0.125. The summed E-state index contributed by atoms with van der Waals surface area (Å²) < 4.78 is 13.5. The van der Waals surface area contributed by atoms with Gasteiger partial charge in [-0.15, -0.1) is 0 Å². The Balaban J connectivity index is 1.52. The second-order valence-electron chi connectivity index (χ2n) is 7.15. The van der Waals surface area contributed by atoms with Crippen molar-refractivity contribution in [1.29, 1.82) is 0 Å². The Morgan fingerprint density at radius 1 is 1.35 bits per heavy atom. The van der Waals surface area contributed by atoms with E-state index in [0.717, 1.165) is 31.8 Å². The molecule has 0 aliphatic carbocycles. The standard InChI is InChI=1S/C16H27FN8O/c1-9-20-4-5-24(9)12-2-3-19-7-11(12)22-16(26)13-14(18)23-25-8-10(17)6-21-15(13)25/h8-9,13-15,19-21,23H,2-7,18H2,1H3,(H,22,26). The number of halogens is 1. The first-order valence-electron chi connectivity index (χ1n) is 9.18. The summed E-state index contributed by atoms with van der Waals surface area (Å²) in [5.74, 6) is -0.972.